The van der Waals surface area contributed by atoms with Crippen molar-refractivity contribution in [2.75, 3.05) is 13.2 Å². The third-order valence-electron chi connectivity index (χ3n) is 5.93. The quantitative estimate of drug-likeness (QED) is 0.453. The van der Waals surface area contributed by atoms with Crippen LogP contribution in [0.25, 0.3) is 11.1 Å². The summed E-state index contributed by atoms with van der Waals surface area (Å²) >= 11 is 0. The minimum absolute atomic E-state index is 0.0821. The van der Waals surface area contributed by atoms with Crippen molar-refractivity contribution >= 4 is 18.0 Å². The molecule has 0 unspecified atom stereocenters. The number of nitrogens with one attached hydrogen (secondary N) is 2. The number of aryl methyl sites for hydroxylation is 1. The fourth-order valence-electron chi connectivity index (χ4n) is 4.26. The van der Waals surface area contributed by atoms with E-state index in [1.807, 2.05) is 66.7 Å². The highest BCUT2D eigenvalue weighted by atomic mass is 16.5. The Balaban J connectivity index is 1.26. The van der Waals surface area contributed by atoms with Crippen molar-refractivity contribution in [2.24, 2.45) is 0 Å². The van der Waals surface area contributed by atoms with Gasteiger partial charge in [-0.15, -0.1) is 0 Å². The van der Waals surface area contributed by atoms with E-state index in [-0.39, 0.29) is 25.5 Å². The van der Waals surface area contributed by atoms with Crippen LogP contribution in [-0.4, -0.2) is 42.3 Å². The Morgan fingerprint density at radius 1 is 0.853 bits per heavy atom. The normalized spacial score (nSPS) is 12.8. The average Bonchev–Trinajstić information content (AvgIpc) is 3.18. The zero-order valence-electron chi connectivity index (χ0n) is 18.6. The molecule has 1 aliphatic carbocycles. The van der Waals surface area contributed by atoms with Crippen LogP contribution in [0.1, 0.15) is 29.0 Å². The lowest BCUT2D eigenvalue weighted by Gasteiger charge is -2.16. The fraction of sp³-hybridized carbons (Fsp3) is 0.222. The number of benzene rings is 3. The first-order valence-corrected chi connectivity index (χ1v) is 11.2. The van der Waals surface area contributed by atoms with E-state index in [2.05, 4.69) is 22.8 Å². The highest BCUT2D eigenvalue weighted by Gasteiger charge is 2.29. The lowest BCUT2D eigenvalue weighted by atomic mass is 9.98. The van der Waals surface area contributed by atoms with Crippen LogP contribution in [0.2, 0.25) is 0 Å². The van der Waals surface area contributed by atoms with Crippen LogP contribution in [0.3, 0.4) is 0 Å². The molecule has 4 rings (SSSR count). The van der Waals surface area contributed by atoms with Gasteiger partial charge in [0.15, 0.2) is 0 Å². The number of aliphatic carboxylic acids is 1. The monoisotopic (exact) mass is 458 g/mol. The second-order valence-electron chi connectivity index (χ2n) is 8.16. The SMILES string of the molecule is O=C(CNC(=O)OCC1c2ccccc2-c2ccccc21)N[C@@H](CCc1ccccc1)C(=O)O. The predicted molar refractivity (Wildman–Crippen MR) is 127 cm³/mol. The summed E-state index contributed by atoms with van der Waals surface area (Å²) in [5.41, 5.74) is 5.43. The molecule has 3 aromatic carbocycles. The van der Waals surface area contributed by atoms with Crippen molar-refractivity contribution in [3.05, 3.63) is 95.6 Å². The number of hydrogen-bond acceptors (Lipinski definition) is 4. The van der Waals surface area contributed by atoms with Gasteiger partial charge >= 0.3 is 12.1 Å². The van der Waals surface area contributed by atoms with E-state index >= 15 is 0 Å². The zero-order chi connectivity index (χ0) is 23.9. The summed E-state index contributed by atoms with van der Waals surface area (Å²) in [6, 6.07) is 24.4. The maximum Gasteiger partial charge on any atom is 0.407 e. The summed E-state index contributed by atoms with van der Waals surface area (Å²) in [6.07, 6.45) is 0.0293. The Morgan fingerprint density at radius 2 is 1.44 bits per heavy atom. The third kappa shape index (κ3) is 5.43. The molecule has 3 aromatic rings. The molecule has 7 nitrogen and oxygen atoms in total. The van der Waals surface area contributed by atoms with Crippen LogP contribution < -0.4 is 10.6 Å². The van der Waals surface area contributed by atoms with Crippen molar-refractivity contribution < 1.29 is 24.2 Å². The standard InChI is InChI=1S/C27H26N2O5/c30-25(29-24(26(31)32)15-14-18-8-2-1-3-9-18)16-28-27(33)34-17-23-21-12-6-4-10-19(21)20-11-5-7-13-22(20)23/h1-13,23-24H,14-17H2,(H,28,33)(H,29,30)(H,31,32)/t24-/m0/s1. The van der Waals surface area contributed by atoms with Crippen molar-refractivity contribution in [2.45, 2.75) is 24.8 Å². The largest absolute Gasteiger partial charge is 0.480 e. The Bertz CT molecular complexity index is 1130. The van der Waals surface area contributed by atoms with Gasteiger partial charge in [0.2, 0.25) is 5.91 Å². The Kier molecular flexibility index (Phi) is 7.22. The predicted octanol–water partition coefficient (Wildman–Crippen LogP) is 3.73. The van der Waals surface area contributed by atoms with E-state index in [1.54, 1.807) is 0 Å². The molecule has 1 atom stereocenters. The van der Waals surface area contributed by atoms with Crippen molar-refractivity contribution in [3.8, 4) is 11.1 Å². The minimum Gasteiger partial charge on any atom is -0.480 e. The highest BCUT2D eigenvalue weighted by molar-refractivity contribution is 5.86. The fourth-order valence-corrected chi connectivity index (χ4v) is 4.26. The summed E-state index contributed by atoms with van der Waals surface area (Å²) in [4.78, 5) is 36.0. The van der Waals surface area contributed by atoms with E-state index in [4.69, 9.17) is 4.74 Å². The molecule has 0 aliphatic heterocycles. The molecular formula is C27H26N2O5. The molecule has 0 fully saturated rings. The Hall–Kier alpha value is -4.13. The van der Waals surface area contributed by atoms with Crippen LogP contribution >= 0.6 is 0 Å². The Labute approximate surface area is 197 Å². The average molecular weight is 459 g/mol. The number of rotatable bonds is 9. The number of carbonyl (C=O) groups excluding carboxylic acids is 2. The van der Waals surface area contributed by atoms with Gasteiger partial charge in [-0.3, -0.25) is 4.79 Å². The topological polar surface area (TPSA) is 105 Å². The maximum atomic E-state index is 12.2. The zero-order valence-corrected chi connectivity index (χ0v) is 18.6. The summed E-state index contributed by atoms with van der Waals surface area (Å²) < 4.78 is 5.40. The summed E-state index contributed by atoms with van der Waals surface area (Å²) in [5, 5.41) is 14.3. The number of carboxylic acid groups (broad SMARTS) is 1. The molecule has 0 radical (unpaired) electrons. The van der Waals surface area contributed by atoms with E-state index in [0.717, 1.165) is 27.8 Å². The van der Waals surface area contributed by atoms with E-state index < -0.39 is 24.0 Å². The first-order valence-electron chi connectivity index (χ1n) is 11.2. The van der Waals surface area contributed by atoms with Gasteiger partial charge in [-0.25, -0.2) is 9.59 Å². The molecule has 0 saturated heterocycles. The Morgan fingerprint density at radius 3 is 2.06 bits per heavy atom. The molecular weight excluding hydrogens is 432 g/mol. The molecule has 34 heavy (non-hydrogen) atoms. The summed E-state index contributed by atoms with van der Waals surface area (Å²) in [6.45, 7) is -0.234. The van der Waals surface area contributed by atoms with Crippen molar-refractivity contribution in [1.82, 2.24) is 10.6 Å². The van der Waals surface area contributed by atoms with Crippen LogP contribution in [0.4, 0.5) is 4.79 Å². The molecule has 174 valence electrons. The summed E-state index contributed by atoms with van der Waals surface area (Å²) in [7, 11) is 0. The van der Waals surface area contributed by atoms with Gasteiger partial charge < -0.3 is 20.5 Å². The van der Waals surface area contributed by atoms with Gasteiger partial charge in [0.25, 0.3) is 0 Å². The van der Waals surface area contributed by atoms with E-state index in [1.165, 1.54) is 0 Å². The van der Waals surface area contributed by atoms with Gasteiger partial charge in [-0.1, -0.05) is 78.9 Å². The van der Waals surface area contributed by atoms with E-state index in [0.29, 0.717) is 6.42 Å². The van der Waals surface area contributed by atoms with Gasteiger partial charge in [-0.05, 0) is 40.7 Å². The first kappa shape index (κ1) is 23.0. The smallest absolute Gasteiger partial charge is 0.407 e. The molecule has 1 aliphatic rings. The highest BCUT2D eigenvalue weighted by Crippen LogP contribution is 2.44. The van der Waals surface area contributed by atoms with Crippen molar-refractivity contribution in [3.63, 3.8) is 0 Å². The number of alkyl carbamates (subject to hydrolysis) is 1. The number of hydrogen-bond donors (Lipinski definition) is 3. The van der Waals surface area contributed by atoms with Gasteiger partial charge in [0.05, 0.1) is 0 Å². The number of carbonyl (C=O) groups is 3. The molecule has 0 aromatic heterocycles. The van der Waals surface area contributed by atoms with Crippen LogP contribution in [-0.2, 0) is 20.7 Å². The lowest BCUT2D eigenvalue weighted by molar-refractivity contribution is -0.141. The second kappa shape index (κ2) is 10.7. The van der Waals surface area contributed by atoms with Gasteiger partial charge in [0.1, 0.15) is 19.2 Å². The van der Waals surface area contributed by atoms with Gasteiger partial charge in [-0.2, -0.15) is 0 Å². The van der Waals surface area contributed by atoms with Crippen LogP contribution in [0.5, 0.6) is 0 Å². The van der Waals surface area contributed by atoms with Crippen LogP contribution in [0, 0.1) is 0 Å². The number of ether oxygens (including phenoxy) is 1. The third-order valence-corrected chi connectivity index (χ3v) is 5.93. The molecule has 0 bridgehead atoms. The molecule has 0 spiro atoms. The van der Waals surface area contributed by atoms with Crippen molar-refractivity contribution in [1.29, 1.82) is 0 Å². The molecule has 3 N–H and O–H groups in total. The minimum atomic E-state index is -1.12. The van der Waals surface area contributed by atoms with Crippen LogP contribution in [0.15, 0.2) is 78.9 Å². The molecule has 2 amide bonds. The second-order valence-corrected chi connectivity index (χ2v) is 8.16. The molecule has 0 saturated carbocycles. The molecule has 0 heterocycles. The first-order chi connectivity index (χ1) is 16.5. The number of carboxylic acids is 1. The van der Waals surface area contributed by atoms with E-state index in [9.17, 15) is 19.5 Å². The molecule has 7 heteroatoms. The number of fused-ring (bicyclic) bond motifs is 3. The van der Waals surface area contributed by atoms with Gasteiger partial charge in [0, 0.05) is 5.92 Å². The maximum absolute atomic E-state index is 12.2. The summed E-state index contributed by atoms with van der Waals surface area (Å²) in [5.74, 6) is -1.79. The lowest BCUT2D eigenvalue weighted by Crippen LogP contribution is -2.45. The number of amides is 2.